The summed E-state index contributed by atoms with van der Waals surface area (Å²) in [5.41, 5.74) is 6.67. The Morgan fingerprint density at radius 1 is 1.20 bits per heavy atom. The van der Waals surface area contributed by atoms with Crippen molar-refractivity contribution in [3.8, 4) is 0 Å². The highest BCUT2D eigenvalue weighted by atomic mass is 16.2. The SMILES string of the molecule is NC(=O)[C@@H]1CCC[C@@H]1NC(=O)C1=NN(Cc2ccccc2)C(=O)CC1. The van der Waals surface area contributed by atoms with Crippen LogP contribution in [-0.4, -0.2) is 34.5 Å². The fourth-order valence-electron chi connectivity index (χ4n) is 3.37. The van der Waals surface area contributed by atoms with Crippen molar-refractivity contribution in [2.45, 2.75) is 44.7 Å². The Bertz CT molecular complexity index is 702. The second-order valence-electron chi connectivity index (χ2n) is 6.50. The molecule has 1 aromatic rings. The van der Waals surface area contributed by atoms with E-state index in [1.807, 2.05) is 30.3 Å². The molecule has 1 saturated carbocycles. The van der Waals surface area contributed by atoms with Crippen LogP contribution in [0.25, 0.3) is 0 Å². The standard InChI is InChI=1S/C18H22N4O3/c19-17(24)13-7-4-8-14(13)20-18(25)15-9-10-16(23)22(21-15)11-12-5-2-1-3-6-12/h1-3,5-6,13-14H,4,7-11H2,(H2,19,24)(H,20,25)/t13-,14+/m1/s1. The van der Waals surface area contributed by atoms with E-state index in [9.17, 15) is 14.4 Å². The van der Waals surface area contributed by atoms with E-state index in [1.165, 1.54) is 5.01 Å². The molecule has 0 unspecified atom stereocenters. The van der Waals surface area contributed by atoms with Gasteiger partial charge >= 0.3 is 0 Å². The molecule has 1 aliphatic carbocycles. The van der Waals surface area contributed by atoms with Crippen molar-refractivity contribution < 1.29 is 14.4 Å². The zero-order valence-corrected chi connectivity index (χ0v) is 14.0. The largest absolute Gasteiger partial charge is 0.369 e. The first-order valence-electron chi connectivity index (χ1n) is 8.56. The Morgan fingerprint density at radius 2 is 1.96 bits per heavy atom. The Hall–Kier alpha value is -2.70. The fraction of sp³-hybridized carbons (Fsp3) is 0.444. The molecular formula is C18H22N4O3. The van der Waals surface area contributed by atoms with Gasteiger partial charge < -0.3 is 11.1 Å². The summed E-state index contributed by atoms with van der Waals surface area (Å²) in [7, 11) is 0. The summed E-state index contributed by atoms with van der Waals surface area (Å²) in [6, 6.07) is 9.27. The second-order valence-corrected chi connectivity index (χ2v) is 6.50. The third-order valence-electron chi connectivity index (χ3n) is 4.74. The maximum atomic E-state index is 12.5. The normalized spacial score (nSPS) is 23.3. The Kier molecular flexibility index (Phi) is 5.11. The molecule has 0 spiro atoms. The maximum Gasteiger partial charge on any atom is 0.267 e. The van der Waals surface area contributed by atoms with E-state index in [0.717, 1.165) is 18.4 Å². The van der Waals surface area contributed by atoms with Crippen LogP contribution in [0.1, 0.15) is 37.7 Å². The Balaban J connectivity index is 1.68. The molecule has 0 saturated heterocycles. The molecule has 1 aliphatic heterocycles. The van der Waals surface area contributed by atoms with Gasteiger partial charge in [0.1, 0.15) is 5.71 Å². The van der Waals surface area contributed by atoms with Gasteiger partial charge in [-0.1, -0.05) is 36.8 Å². The van der Waals surface area contributed by atoms with Crippen LogP contribution in [0, 0.1) is 5.92 Å². The molecule has 7 heteroatoms. The van der Waals surface area contributed by atoms with Crippen LogP contribution in [-0.2, 0) is 20.9 Å². The smallest absolute Gasteiger partial charge is 0.267 e. The first-order chi connectivity index (χ1) is 12.0. The number of nitrogens with two attached hydrogens (primary N) is 1. The van der Waals surface area contributed by atoms with Crippen LogP contribution < -0.4 is 11.1 Å². The highest BCUT2D eigenvalue weighted by Gasteiger charge is 2.34. The molecule has 2 aliphatic rings. The monoisotopic (exact) mass is 342 g/mol. The summed E-state index contributed by atoms with van der Waals surface area (Å²) in [6.45, 7) is 0.337. The average Bonchev–Trinajstić information content (AvgIpc) is 3.06. The molecule has 3 N–H and O–H groups in total. The lowest BCUT2D eigenvalue weighted by atomic mass is 10.0. The van der Waals surface area contributed by atoms with Crippen LogP contribution >= 0.6 is 0 Å². The van der Waals surface area contributed by atoms with Crippen LogP contribution in [0.15, 0.2) is 35.4 Å². The van der Waals surface area contributed by atoms with E-state index >= 15 is 0 Å². The molecule has 0 aromatic heterocycles. The molecular weight excluding hydrogens is 320 g/mol. The number of hydrogen-bond donors (Lipinski definition) is 2. The van der Waals surface area contributed by atoms with E-state index in [1.54, 1.807) is 0 Å². The van der Waals surface area contributed by atoms with E-state index in [4.69, 9.17) is 5.73 Å². The Labute approximate surface area is 146 Å². The minimum absolute atomic E-state index is 0.101. The van der Waals surface area contributed by atoms with Crippen molar-refractivity contribution in [3.63, 3.8) is 0 Å². The zero-order valence-electron chi connectivity index (χ0n) is 14.0. The summed E-state index contributed by atoms with van der Waals surface area (Å²) in [4.78, 5) is 36.0. The summed E-state index contributed by atoms with van der Waals surface area (Å²) < 4.78 is 0. The molecule has 3 rings (SSSR count). The van der Waals surface area contributed by atoms with Gasteiger partial charge in [0, 0.05) is 18.9 Å². The predicted octanol–water partition coefficient (Wildman–Crippen LogP) is 0.935. The maximum absolute atomic E-state index is 12.5. The number of rotatable bonds is 5. The molecule has 0 radical (unpaired) electrons. The fourth-order valence-corrected chi connectivity index (χ4v) is 3.37. The minimum Gasteiger partial charge on any atom is -0.369 e. The van der Waals surface area contributed by atoms with Crippen molar-refractivity contribution in [2.24, 2.45) is 16.8 Å². The van der Waals surface area contributed by atoms with E-state index < -0.39 is 0 Å². The highest BCUT2D eigenvalue weighted by molar-refractivity contribution is 6.39. The number of carbonyl (C=O) groups is 3. The van der Waals surface area contributed by atoms with Gasteiger partial charge in [0.25, 0.3) is 5.91 Å². The number of amides is 3. The van der Waals surface area contributed by atoms with Gasteiger partial charge in [0.2, 0.25) is 11.8 Å². The summed E-state index contributed by atoms with van der Waals surface area (Å²) in [6.07, 6.45) is 2.86. The van der Waals surface area contributed by atoms with Crippen molar-refractivity contribution in [3.05, 3.63) is 35.9 Å². The highest BCUT2D eigenvalue weighted by Crippen LogP contribution is 2.25. The lowest BCUT2D eigenvalue weighted by Crippen LogP contribution is -2.46. The Morgan fingerprint density at radius 3 is 2.68 bits per heavy atom. The molecule has 2 atom stereocenters. The number of hydrogen-bond acceptors (Lipinski definition) is 4. The second kappa shape index (κ2) is 7.46. The van der Waals surface area contributed by atoms with Crippen LogP contribution in [0.3, 0.4) is 0 Å². The van der Waals surface area contributed by atoms with Crippen LogP contribution in [0.4, 0.5) is 0 Å². The number of nitrogens with zero attached hydrogens (tertiary/aromatic N) is 2. The number of hydrazone groups is 1. The van der Waals surface area contributed by atoms with E-state index in [0.29, 0.717) is 25.1 Å². The van der Waals surface area contributed by atoms with Gasteiger partial charge in [-0.25, -0.2) is 5.01 Å². The van der Waals surface area contributed by atoms with E-state index in [-0.39, 0.29) is 36.1 Å². The first-order valence-corrected chi connectivity index (χ1v) is 8.56. The third-order valence-corrected chi connectivity index (χ3v) is 4.74. The van der Waals surface area contributed by atoms with Gasteiger partial charge in [0.15, 0.2) is 0 Å². The van der Waals surface area contributed by atoms with Crippen molar-refractivity contribution in [1.29, 1.82) is 0 Å². The van der Waals surface area contributed by atoms with Gasteiger partial charge in [-0.3, -0.25) is 14.4 Å². The molecule has 1 aromatic carbocycles. The zero-order chi connectivity index (χ0) is 17.8. The minimum atomic E-state index is -0.380. The predicted molar refractivity (Wildman–Crippen MR) is 92.1 cm³/mol. The van der Waals surface area contributed by atoms with E-state index in [2.05, 4.69) is 10.4 Å². The van der Waals surface area contributed by atoms with Gasteiger partial charge in [-0.2, -0.15) is 5.10 Å². The topological polar surface area (TPSA) is 105 Å². The number of nitrogens with one attached hydrogen (secondary N) is 1. The van der Waals surface area contributed by atoms with Crippen molar-refractivity contribution in [2.75, 3.05) is 0 Å². The summed E-state index contributed by atoms with van der Waals surface area (Å²) >= 11 is 0. The third kappa shape index (κ3) is 4.04. The molecule has 132 valence electrons. The first kappa shape index (κ1) is 17.1. The number of benzene rings is 1. The molecule has 3 amide bonds. The summed E-state index contributed by atoms with van der Waals surface area (Å²) in [5, 5.41) is 8.45. The van der Waals surface area contributed by atoms with Gasteiger partial charge in [-0.05, 0) is 18.4 Å². The average molecular weight is 342 g/mol. The number of carbonyl (C=O) groups excluding carboxylic acids is 3. The quantitative estimate of drug-likeness (QED) is 0.832. The molecule has 1 fully saturated rings. The van der Waals surface area contributed by atoms with Gasteiger partial charge in [0.05, 0.1) is 12.5 Å². The lowest BCUT2D eigenvalue weighted by Gasteiger charge is -2.24. The molecule has 7 nitrogen and oxygen atoms in total. The van der Waals surface area contributed by atoms with Crippen molar-refractivity contribution in [1.82, 2.24) is 10.3 Å². The lowest BCUT2D eigenvalue weighted by molar-refractivity contribution is -0.132. The van der Waals surface area contributed by atoms with Crippen LogP contribution in [0.2, 0.25) is 0 Å². The molecule has 0 bridgehead atoms. The number of primary amides is 1. The summed E-state index contributed by atoms with van der Waals surface area (Å²) in [5.74, 6) is -1.12. The molecule has 1 heterocycles. The van der Waals surface area contributed by atoms with Crippen LogP contribution in [0.5, 0.6) is 0 Å². The van der Waals surface area contributed by atoms with Crippen molar-refractivity contribution >= 4 is 23.4 Å². The molecule has 25 heavy (non-hydrogen) atoms. The van der Waals surface area contributed by atoms with Gasteiger partial charge in [-0.15, -0.1) is 0 Å².